The molecule has 6 nitrogen and oxygen atoms in total. The molecule has 340 valence electrons. The van der Waals surface area contributed by atoms with Crippen molar-refractivity contribution in [1.29, 1.82) is 0 Å². The predicted molar refractivity (Wildman–Crippen MR) is 280 cm³/mol. The fraction of sp³-hybridized carbons (Fsp3) is 0.226. The van der Waals surface area contributed by atoms with Crippen LogP contribution in [0.1, 0.15) is 76.3 Å². The van der Waals surface area contributed by atoms with Crippen molar-refractivity contribution >= 4 is 43.6 Å². The third kappa shape index (κ3) is 7.62. The largest absolute Gasteiger partial charge is 0.505 e. The van der Waals surface area contributed by atoms with Gasteiger partial charge in [0.25, 0.3) is 0 Å². The van der Waals surface area contributed by atoms with E-state index in [1.165, 1.54) is 0 Å². The van der Waals surface area contributed by atoms with E-state index in [-0.39, 0.29) is 35.2 Å². The number of para-hydroxylation sites is 6. The van der Waals surface area contributed by atoms with Crippen LogP contribution in [0.3, 0.4) is 0 Å². The molecule has 2 N–H and O–H groups in total. The van der Waals surface area contributed by atoms with E-state index in [0.717, 1.165) is 126 Å². The number of phenols is 2. The molecule has 2 atom stereocenters. The van der Waals surface area contributed by atoms with Crippen molar-refractivity contribution in [3.05, 3.63) is 181 Å². The molecule has 1 aliphatic carbocycles. The van der Waals surface area contributed by atoms with Gasteiger partial charge in [-0.15, -0.1) is 0 Å². The Morgan fingerprint density at radius 3 is 1.10 bits per heavy atom. The van der Waals surface area contributed by atoms with Crippen LogP contribution in [0.25, 0.3) is 77.2 Å². The molecule has 0 bridgehead atoms. The van der Waals surface area contributed by atoms with Crippen LogP contribution in [0.5, 0.6) is 23.0 Å². The van der Waals surface area contributed by atoms with Gasteiger partial charge in [-0.05, 0) is 108 Å². The van der Waals surface area contributed by atoms with E-state index in [1.54, 1.807) is 0 Å². The van der Waals surface area contributed by atoms with Crippen LogP contribution in [-0.2, 0) is 0 Å². The lowest BCUT2D eigenvalue weighted by Gasteiger charge is -2.32. The van der Waals surface area contributed by atoms with E-state index in [4.69, 9.17) is 9.47 Å². The van der Waals surface area contributed by atoms with Crippen molar-refractivity contribution in [2.24, 2.45) is 11.8 Å². The number of aromatic nitrogens is 2. The van der Waals surface area contributed by atoms with Gasteiger partial charge < -0.3 is 28.8 Å². The van der Waals surface area contributed by atoms with Gasteiger partial charge in [0.2, 0.25) is 0 Å². The van der Waals surface area contributed by atoms with Crippen LogP contribution in [0, 0.1) is 11.8 Å². The molecule has 1 saturated carbocycles. The summed E-state index contributed by atoms with van der Waals surface area (Å²) in [4.78, 5) is 0. The van der Waals surface area contributed by atoms with Gasteiger partial charge in [-0.1, -0.05) is 150 Å². The lowest BCUT2D eigenvalue weighted by atomic mass is 9.80. The maximum absolute atomic E-state index is 12.4. The van der Waals surface area contributed by atoms with E-state index in [2.05, 4.69) is 170 Å². The van der Waals surface area contributed by atoms with Gasteiger partial charge in [0.1, 0.15) is 23.0 Å². The average molecular weight is 895 g/mol. The fourth-order valence-electron chi connectivity index (χ4n) is 10.8. The van der Waals surface area contributed by atoms with Crippen molar-refractivity contribution in [2.75, 3.05) is 13.2 Å². The molecular formula is C62H58N2O4. The first-order valence-corrected chi connectivity index (χ1v) is 24.4. The molecule has 0 radical (unpaired) electrons. The summed E-state index contributed by atoms with van der Waals surface area (Å²) < 4.78 is 18.2. The van der Waals surface area contributed by atoms with E-state index >= 15 is 0 Å². The van der Waals surface area contributed by atoms with Gasteiger partial charge in [-0.25, -0.2) is 0 Å². The smallest absolute Gasteiger partial charge is 0.147 e. The summed E-state index contributed by atoms with van der Waals surface area (Å²) >= 11 is 0. The summed E-state index contributed by atoms with van der Waals surface area (Å²) in [5.41, 5.74) is 11.3. The standard InChI is InChI=1S/C62H58N2O4/c1-39(2)43-33-51(61(65)57(35-43)63-53-27-13-7-21-45(53)46-22-8-14-28-54(46)63)49-25-11-17-31-59(49)67-37-41-19-5-6-20-42(41)38-68-60-32-18-12-26-50(60)52-34-44(40(3)4)36-58(62(52)66)64-55-29-15-9-23-47(55)48-24-10-16-30-56(48)64/h7-18,21-36,39-42,65-66H,5-6,19-20,37-38H2,1-4H3/t41-,42-/m0/s1. The topological polar surface area (TPSA) is 68.8 Å². The molecule has 8 aromatic carbocycles. The van der Waals surface area contributed by atoms with Crippen molar-refractivity contribution in [3.8, 4) is 56.6 Å². The Morgan fingerprint density at radius 2 is 0.750 bits per heavy atom. The Kier molecular flexibility index (Phi) is 11.4. The molecular weight excluding hydrogens is 837 g/mol. The van der Waals surface area contributed by atoms with Crippen LogP contribution in [-0.4, -0.2) is 32.6 Å². The maximum Gasteiger partial charge on any atom is 0.147 e. The third-order valence-corrected chi connectivity index (χ3v) is 14.5. The Hall–Kier alpha value is -7.44. The number of rotatable bonds is 12. The second-order valence-corrected chi connectivity index (χ2v) is 19.3. The quantitative estimate of drug-likeness (QED) is 0.128. The minimum Gasteiger partial charge on any atom is -0.505 e. The minimum absolute atomic E-state index is 0.228. The zero-order valence-electron chi connectivity index (χ0n) is 39.3. The molecule has 10 aromatic rings. The summed E-state index contributed by atoms with van der Waals surface area (Å²) in [6, 6.07) is 58.6. The first-order valence-electron chi connectivity index (χ1n) is 24.4. The van der Waals surface area contributed by atoms with Gasteiger partial charge in [0.15, 0.2) is 0 Å². The number of fused-ring (bicyclic) bond motifs is 6. The number of ether oxygens (including phenoxy) is 2. The summed E-state index contributed by atoms with van der Waals surface area (Å²) in [7, 11) is 0. The zero-order valence-corrected chi connectivity index (χ0v) is 39.3. The van der Waals surface area contributed by atoms with Crippen LogP contribution in [0.2, 0.25) is 0 Å². The highest BCUT2D eigenvalue weighted by atomic mass is 16.5. The number of benzene rings is 8. The molecule has 0 aliphatic heterocycles. The second kappa shape index (κ2) is 18.0. The number of hydrogen-bond acceptors (Lipinski definition) is 4. The number of hydrogen-bond donors (Lipinski definition) is 2. The van der Waals surface area contributed by atoms with Gasteiger partial charge in [-0.3, -0.25) is 0 Å². The summed E-state index contributed by atoms with van der Waals surface area (Å²) in [6.07, 6.45) is 4.37. The van der Waals surface area contributed by atoms with Gasteiger partial charge in [0.05, 0.1) is 46.7 Å². The summed E-state index contributed by atoms with van der Waals surface area (Å²) in [5.74, 6) is 2.97. The Labute approximate surface area is 398 Å². The van der Waals surface area contributed by atoms with E-state index in [0.29, 0.717) is 13.2 Å². The predicted octanol–water partition coefficient (Wildman–Crippen LogP) is 16.1. The van der Waals surface area contributed by atoms with E-state index < -0.39 is 0 Å². The SMILES string of the molecule is CC(C)c1cc(-c2ccccc2OC[C@@H]2CCCC[C@H]2COc2ccccc2-c2cc(C(C)C)cc(-n3c4ccccc4c4ccccc43)c2O)c(O)c(-n2c3ccccc3c3ccccc32)c1. The summed E-state index contributed by atoms with van der Waals surface area (Å²) in [6.45, 7) is 9.88. The molecule has 2 aromatic heterocycles. The third-order valence-electron chi connectivity index (χ3n) is 14.5. The van der Waals surface area contributed by atoms with Crippen molar-refractivity contribution < 1.29 is 19.7 Å². The van der Waals surface area contributed by atoms with Crippen LogP contribution in [0.15, 0.2) is 170 Å². The molecule has 2 heterocycles. The molecule has 68 heavy (non-hydrogen) atoms. The van der Waals surface area contributed by atoms with Gasteiger partial charge in [0, 0.05) is 43.8 Å². The molecule has 0 amide bonds. The Bertz CT molecular complexity index is 3150. The first-order chi connectivity index (χ1) is 33.2. The van der Waals surface area contributed by atoms with Crippen molar-refractivity contribution in [3.63, 3.8) is 0 Å². The van der Waals surface area contributed by atoms with E-state index in [1.807, 2.05) is 36.4 Å². The van der Waals surface area contributed by atoms with Gasteiger partial charge >= 0.3 is 0 Å². The zero-order chi connectivity index (χ0) is 46.5. The summed E-state index contributed by atoms with van der Waals surface area (Å²) in [5, 5.41) is 29.4. The van der Waals surface area contributed by atoms with Crippen LogP contribution in [0.4, 0.5) is 0 Å². The number of nitrogens with zero attached hydrogens (tertiary/aromatic N) is 2. The highest BCUT2D eigenvalue weighted by Gasteiger charge is 2.29. The van der Waals surface area contributed by atoms with Gasteiger partial charge in [-0.2, -0.15) is 0 Å². The molecule has 0 spiro atoms. The molecule has 11 rings (SSSR count). The first kappa shape index (κ1) is 43.1. The minimum atomic E-state index is 0.228. The highest BCUT2D eigenvalue weighted by molar-refractivity contribution is 6.10. The average Bonchev–Trinajstić information content (AvgIpc) is 3.88. The lowest BCUT2D eigenvalue weighted by Crippen LogP contribution is -2.30. The molecule has 6 heteroatoms. The molecule has 1 aliphatic rings. The van der Waals surface area contributed by atoms with Crippen molar-refractivity contribution in [1.82, 2.24) is 9.13 Å². The van der Waals surface area contributed by atoms with E-state index in [9.17, 15) is 10.2 Å². The normalized spacial score (nSPS) is 15.3. The number of aromatic hydroxyl groups is 2. The number of phenolic OH excluding ortho intramolecular Hbond substituents is 2. The molecule has 0 unspecified atom stereocenters. The lowest BCUT2D eigenvalue weighted by molar-refractivity contribution is 0.105. The Balaban J connectivity index is 0.890. The second-order valence-electron chi connectivity index (χ2n) is 19.3. The molecule has 0 saturated heterocycles. The van der Waals surface area contributed by atoms with Crippen molar-refractivity contribution in [2.45, 2.75) is 65.2 Å². The highest BCUT2D eigenvalue weighted by Crippen LogP contribution is 2.47. The fourth-order valence-corrected chi connectivity index (χ4v) is 10.8. The Morgan fingerprint density at radius 1 is 0.426 bits per heavy atom. The maximum atomic E-state index is 12.4. The molecule has 1 fully saturated rings. The van der Waals surface area contributed by atoms with Crippen LogP contribution >= 0.6 is 0 Å². The monoisotopic (exact) mass is 894 g/mol. The van der Waals surface area contributed by atoms with Crippen LogP contribution < -0.4 is 9.47 Å².